The van der Waals surface area contributed by atoms with Crippen molar-refractivity contribution < 1.29 is 17.9 Å². The Morgan fingerprint density at radius 3 is 2.47 bits per heavy atom. The molecule has 6 heteroatoms. The van der Waals surface area contributed by atoms with Gasteiger partial charge in [0.25, 0.3) is 0 Å². The van der Waals surface area contributed by atoms with E-state index in [0.29, 0.717) is 19.8 Å². The van der Waals surface area contributed by atoms with E-state index >= 15 is 0 Å². The molecule has 2 saturated heterocycles. The summed E-state index contributed by atoms with van der Waals surface area (Å²) in [4.78, 5) is 0. The Balaban J connectivity index is 2.12. The lowest BCUT2D eigenvalue weighted by atomic mass is 10.0. The molecule has 0 unspecified atom stereocenters. The number of ether oxygens (including phenoxy) is 2. The van der Waals surface area contributed by atoms with Crippen LogP contribution in [0.15, 0.2) is 0 Å². The van der Waals surface area contributed by atoms with Gasteiger partial charge in [-0.05, 0) is 12.8 Å². The third kappa shape index (κ3) is 2.50. The number of piperidine rings is 1. The van der Waals surface area contributed by atoms with E-state index in [2.05, 4.69) is 0 Å². The van der Waals surface area contributed by atoms with Crippen LogP contribution in [-0.2, 0) is 19.5 Å². The van der Waals surface area contributed by atoms with Crippen LogP contribution < -0.4 is 0 Å². The zero-order chi connectivity index (χ0) is 10.9. The molecule has 0 aromatic carbocycles. The van der Waals surface area contributed by atoms with E-state index in [-0.39, 0.29) is 12.3 Å². The summed E-state index contributed by atoms with van der Waals surface area (Å²) < 4.78 is 35.4. The molecule has 0 aliphatic carbocycles. The van der Waals surface area contributed by atoms with Crippen molar-refractivity contribution in [3.63, 3.8) is 0 Å². The van der Waals surface area contributed by atoms with Gasteiger partial charge in [0, 0.05) is 6.54 Å². The van der Waals surface area contributed by atoms with Gasteiger partial charge in [-0.1, -0.05) is 6.42 Å². The van der Waals surface area contributed by atoms with Gasteiger partial charge in [0.15, 0.2) is 6.29 Å². The minimum atomic E-state index is -3.14. The maximum Gasteiger partial charge on any atom is 0.211 e. The Bertz CT molecular complexity index is 310. The van der Waals surface area contributed by atoms with Crippen molar-refractivity contribution in [2.24, 2.45) is 0 Å². The topological polar surface area (TPSA) is 55.8 Å². The molecule has 15 heavy (non-hydrogen) atoms. The van der Waals surface area contributed by atoms with Crippen LogP contribution in [0, 0.1) is 0 Å². The standard InChI is InChI=1S/C9H17NO4S/c1-15(11,12)10-5-3-2-4-8(10)9-13-6-7-14-9/h8-9H,2-7H2,1H3/t8-/m1/s1. The maximum atomic E-state index is 11.6. The molecule has 0 saturated carbocycles. The average molecular weight is 235 g/mol. The number of nitrogens with zero attached hydrogens (tertiary/aromatic N) is 1. The minimum Gasteiger partial charge on any atom is -0.349 e. The predicted molar refractivity (Wildman–Crippen MR) is 54.9 cm³/mol. The summed E-state index contributed by atoms with van der Waals surface area (Å²) in [6, 6.07) is -0.128. The molecule has 0 amide bonds. The maximum absolute atomic E-state index is 11.6. The van der Waals surface area contributed by atoms with Crippen molar-refractivity contribution in [3.8, 4) is 0 Å². The molecule has 88 valence electrons. The van der Waals surface area contributed by atoms with Gasteiger partial charge in [0.2, 0.25) is 10.0 Å². The summed E-state index contributed by atoms with van der Waals surface area (Å²) in [5, 5.41) is 0. The Morgan fingerprint density at radius 1 is 1.20 bits per heavy atom. The molecular formula is C9H17NO4S. The Hall–Kier alpha value is -0.170. The minimum absolute atomic E-state index is 0.128. The highest BCUT2D eigenvalue weighted by Gasteiger charge is 2.37. The van der Waals surface area contributed by atoms with Crippen LogP contribution in [0.3, 0.4) is 0 Å². The molecule has 2 aliphatic heterocycles. The van der Waals surface area contributed by atoms with Gasteiger partial charge in [-0.2, -0.15) is 4.31 Å². The Kier molecular flexibility index (Phi) is 3.30. The molecule has 1 atom stereocenters. The van der Waals surface area contributed by atoms with Crippen molar-refractivity contribution in [2.45, 2.75) is 31.6 Å². The quantitative estimate of drug-likeness (QED) is 0.685. The van der Waals surface area contributed by atoms with E-state index in [1.165, 1.54) is 10.6 Å². The lowest BCUT2D eigenvalue weighted by Gasteiger charge is -2.35. The summed E-state index contributed by atoms with van der Waals surface area (Å²) >= 11 is 0. The van der Waals surface area contributed by atoms with Crippen molar-refractivity contribution in [1.29, 1.82) is 0 Å². The fourth-order valence-corrected chi connectivity index (χ4v) is 3.37. The fraction of sp³-hybridized carbons (Fsp3) is 1.00. The average Bonchev–Trinajstić information content (AvgIpc) is 2.69. The van der Waals surface area contributed by atoms with Gasteiger partial charge in [-0.15, -0.1) is 0 Å². The van der Waals surface area contributed by atoms with E-state index in [1.54, 1.807) is 0 Å². The lowest BCUT2D eigenvalue weighted by Crippen LogP contribution is -2.49. The van der Waals surface area contributed by atoms with Gasteiger partial charge in [0.1, 0.15) is 0 Å². The molecule has 0 bridgehead atoms. The fourth-order valence-electron chi connectivity index (χ4n) is 2.21. The zero-order valence-electron chi connectivity index (χ0n) is 8.89. The number of hydrogen-bond acceptors (Lipinski definition) is 4. The van der Waals surface area contributed by atoms with Crippen molar-refractivity contribution in [1.82, 2.24) is 4.31 Å². The number of sulfonamides is 1. The molecule has 2 aliphatic rings. The second kappa shape index (κ2) is 4.37. The summed E-state index contributed by atoms with van der Waals surface area (Å²) in [7, 11) is -3.14. The molecule has 2 fully saturated rings. The molecule has 5 nitrogen and oxygen atoms in total. The molecule has 0 N–H and O–H groups in total. The van der Waals surface area contributed by atoms with E-state index < -0.39 is 10.0 Å². The predicted octanol–water partition coefficient (Wildman–Crippen LogP) is 0.173. The Labute approximate surface area is 90.4 Å². The molecule has 0 aromatic rings. The van der Waals surface area contributed by atoms with Gasteiger partial charge in [-0.25, -0.2) is 8.42 Å². The smallest absolute Gasteiger partial charge is 0.211 e. The van der Waals surface area contributed by atoms with Crippen LogP contribution in [0.4, 0.5) is 0 Å². The number of hydrogen-bond donors (Lipinski definition) is 0. The SMILES string of the molecule is CS(=O)(=O)N1CCCC[C@@H]1C1OCCO1. The molecular weight excluding hydrogens is 218 g/mol. The lowest BCUT2D eigenvalue weighted by molar-refractivity contribution is -0.0912. The molecule has 0 radical (unpaired) electrons. The molecule has 2 rings (SSSR count). The van der Waals surface area contributed by atoms with Crippen LogP contribution in [0.1, 0.15) is 19.3 Å². The third-order valence-electron chi connectivity index (χ3n) is 2.89. The first-order valence-electron chi connectivity index (χ1n) is 5.29. The molecule has 2 heterocycles. The monoisotopic (exact) mass is 235 g/mol. The highest BCUT2D eigenvalue weighted by molar-refractivity contribution is 7.88. The number of rotatable bonds is 2. The summed E-state index contributed by atoms with van der Waals surface area (Å²) in [5.41, 5.74) is 0. The first kappa shape index (κ1) is 11.3. The third-order valence-corrected chi connectivity index (χ3v) is 4.19. The van der Waals surface area contributed by atoms with E-state index in [0.717, 1.165) is 19.3 Å². The first-order valence-corrected chi connectivity index (χ1v) is 7.14. The summed E-state index contributed by atoms with van der Waals surface area (Å²) in [6.45, 7) is 1.73. The van der Waals surface area contributed by atoms with Crippen LogP contribution >= 0.6 is 0 Å². The molecule has 0 aromatic heterocycles. The van der Waals surface area contributed by atoms with Gasteiger partial charge in [0.05, 0.1) is 25.5 Å². The second-order valence-corrected chi connectivity index (χ2v) is 5.98. The zero-order valence-corrected chi connectivity index (χ0v) is 9.70. The normalized spacial score (nSPS) is 30.9. The largest absolute Gasteiger partial charge is 0.349 e. The van der Waals surface area contributed by atoms with Crippen molar-refractivity contribution >= 4 is 10.0 Å². The van der Waals surface area contributed by atoms with Crippen LogP contribution in [0.2, 0.25) is 0 Å². The van der Waals surface area contributed by atoms with Crippen LogP contribution in [0.25, 0.3) is 0 Å². The second-order valence-electron chi connectivity index (χ2n) is 4.05. The van der Waals surface area contributed by atoms with Gasteiger partial charge in [-0.3, -0.25) is 0 Å². The highest BCUT2D eigenvalue weighted by atomic mass is 32.2. The van der Waals surface area contributed by atoms with Crippen molar-refractivity contribution in [2.75, 3.05) is 26.0 Å². The highest BCUT2D eigenvalue weighted by Crippen LogP contribution is 2.26. The first-order chi connectivity index (χ1) is 7.09. The summed E-state index contributed by atoms with van der Waals surface area (Å²) in [6.07, 6.45) is 3.69. The van der Waals surface area contributed by atoms with Crippen LogP contribution in [0.5, 0.6) is 0 Å². The molecule has 0 spiro atoms. The van der Waals surface area contributed by atoms with E-state index in [1.807, 2.05) is 0 Å². The van der Waals surface area contributed by atoms with E-state index in [9.17, 15) is 8.42 Å². The Morgan fingerprint density at radius 2 is 1.87 bits per heavy atom. The van der Waals surface area contributed by atoms with Gasteiger partial charge >= 0.3 is 0 Å². The van der Waals surface area contributed by atoms with E-state index in [4.69, 9.17) is 9.47 Å². The van der Waals surface area contributed by atoms with Crippen molar-refractivity contribution in [3.05, 3.63) is 0 Å². The summed E-state index contributed by atoms with van der Waals surface area (Å²) in [5.74, 6) is 0. The van der Waals surface area contributed by atoms with Crippen LogP contribution in [-0.4, -0.2) is 51.1 Å². The van der Waals surface area contributed by atoms with Gasteiger partial charge < -0.3 is 9.47 Å².